The van der Waals surface area contributed by atoms with Crippen LogP contribution in [0.3, 0.4) is 0 Å². The van der Waals surface area contributed by atoms with Gasteiger partial charge in [0.2, 0.25) is 5.95 Å². The average Bonchev–Trinajstić information content (AvgIpc) is 2.39. The second-order valence-electron chi connectivity index (χ2n) is 3.98. The van der Waals surface area contributed by atoms with Gasteiger partial charge in [0, 0.05) is 18.3 Å². The number of halogens is 3. The highest BCUT2D eigenvalue weighted by atomic mass is 19.2. The zero-order chi connectivity index (χ0) is 14.0. The predicted octanol–water partition coefficient (Wildman–Crippen LogP) is 3.30. The molecule has 0 spiro atoms. The quantitative estimate of drug-likeness (QED) is 0.867. The molecule has 1 aromatic heterocycles. The van der Waals surface area contributed by atoms with Gasteiger partial charge < -0.3 is 5.32 Å². The predicted molar refractivity (Wildman–Crippen MR) is 66.2 cm³/mol. The first kappa shape index (κ1) is 13.3. The molecule has 1 N–H and O–H groups in total. The maximum absolute atomic E-state index is 13.7. The van der Waals surface area contributed by atoms with Gasteiger partial charge in [-0.3, -0.25) is 0 Å². The molecule has 0 radical (unpaired) electrons. The standard InChI is InChI=1S/C13H12F3N3/c1-3-17-13-18-6-7(2)12(19-13)8-4-5-9(14)11(16)10(8)15/h4-6H,3H2,1-2H3,(H,17,18,19). The monoisotopic (exact) mass is 267 g/mol. The average molecular weight is 267 g/mol. The minimum Gasteiger partial charge on any atom is -0.354 e. The van der Waals surface area contributed by atoms with E-state index in [0.29, 0.717) is 18.1 Å². The van der Waals surface area contributed by atoms with Crippen LogP contribution < -0.4 is 5.32 Å². The van der Waals surface area contributed by atoms with Gasteiger partial charge in [-0.25, -0.2) is 23.1 Å². The van der Waals surface area contributed by atoms with Crippen molar-refractivity contribution in [3.63, 3.8) is 0 Å². The molecule has 6 heteroatoms. The van der Waals surface area contributed by atoms with Gasteiger partial charge in [0.1, 0.15) is 0 Å². The molecule has 0 saturated carbocycles. The van der Waals surface area contributed by atoms with Gasteiger partial charge in [-0.15, -0.1) is 0 Å². The molecule has 0 aliphatic rings. The summed E-state index contributed by atoms with van der Waals surface area (Å²) in [6.07, 6.45) is 1.50. The molecule has 0 unspecified atom stereocenters. The Balaban J connectivity index is 2.58. The largest absolute Gasteiger partial charge is 0.354 e. The van der Waals surface area contributed by atoms with Crippen LogP contribution in [0.4, 0.5) is 19.1 Å². The van der Waals surface area contributed by atoms with Crippen LogP contribution in [0.15, 0.2) is 18.3 Å². The summed E-state index contributed by atoms with van der Waals surface area (Å²) in [6.45, 7) is 4.13. The van der Waals surface area contributed by atoms with Gasteiger partial charge >= 0.3 is 0 Å². The number of nitrogens with one attached hydrogen (secondary N) is 1. The maximum Gasteiger partial charge on any atom is 0.223 e. The second kappa shape index (κ2) is 5.26. The SMILES string of the molecule is CCNc1ncc(C)c(-c2ccc(F)c(F)c2F)n1. The van der Waals surface area contributed by atoms with E-state index in [-0.39, 0.29) is 11.3 Å². The van der Waals surface area contributed by atoms with Gasteiger partial charge in [0.05, 0.1) is 5.69 Å². The van der Waals surface area contributed by atoms with E-state index in [9.17, 15) is 13.2 Å². The van der Waals surface area contributed by atoms with Crippen molar-refractivity contribution in [3.05, 3.63) is 41.3 Å². The van der Waals surface area contributed by atoms with Gasteiger partial charge in [-0.05, 0) is 31.5 Å². The molecule has 2 aromatic rings. The molecule has 3 nitrogen and oxygen atoms in total. The third-order valence-electron chi connectivity index (χ3n) is 2.60. The summed E-state index contributed by atoms with van der Waals surface area (Å²) >= 11 is 0. The lowest BCUT2D eigenvalue weighted by atomic mass is 10.1. The molecular formula is C13H12F3N3. The fourth-order valence-electron chi connectivity index (χ4n) is 1.67. The minimum atomic E-state index is -1.50. The molecule has 2 rings (SSSR count). The summed E-state index contributed by atoms with van der Waals surface area (Å²) < 4.78 is 39.9. The Hall–Kier alpha value is -2.11. The normalized spacial score (nSPS) is 10.6. The fourth-order valence-corrected chi connectivity index (χ4v) is 1.67. The number of rotatable bonds is 3. The summed E-state index contributed by atoms with van der Waals surface area (Å²) in [5, 5.41) is 2.88. The lowest BCUT2D eigenvalue weighted by Crippen LogP contribution is -2.05. The number of aryl methyl sites for hydroxylation is 1. The Morgan fingerprint density at radius 2 is 1.89 bits per heavy atom. The number of anilines is 1. The van der Waals surface area contributed by atoms with E-state index >= 15 is 0 Å². The molecule has 0 amide bonds. The topological polar surface area (TPSA) is 37.8 Å². The van der Waals surface area contributed by atoms with Crippen LogP contribution in [0.2, 0.25) is 0 Å². The van der Waals surface area contributed by atoms with Crippen molar-refractivity contribution in [2.45, 2.75) is 13.8 Å². The van der Waals surface area contributed by atoms with E-state index in [4.69, 9.17) is 0 Å². The minimum absolute atomic E-state index is 0.0852. The van der Waals surface area contributed by atoms with E-state index in [2.05, 4.69) is 15.3 Å². The number of nitrogens with zero attached hydrogens (tertiary/aromatic N) is 2. The van der Waals surface area contributed by atoms with Crippen molar-refractivity contribution >= 4 is 5.95 Å². The highest BCUT2D eigenvalue weighted by molar-refractivity contribution is 5.64. The molecule has 0 saturated heterocycles. The highest BCUT2D eigenvalue weighted by Crippen LogP contribution is 2.27. The number of aromatic nitrogens is 2. The van der Waals surface area contributed by atoms with E-state index in [1.807, 2.05) is 6.92 Å². The van der Waals surface area contributed by atoms with Crippen molar-refractivity contribution in [3.8, 4) is 11.3 Å². The summed E-state index contributed by atoms with van der Waals surface area (Å²) in [5.41, 5.74) is 0.729. The van der Waals surface area contributed by atoms with Gasteiger partial charge in [-0.1, -0.05) is 0 Å². The zero-order valence-corrected chi connectivity index (χ0v) is 10.5. The van der Waals surface area contributed by atoms with Gasteiger partial charge in [0.25, 0.3) is 0 Å². The van der Waals surface area contributed by atoms with Crippen molar-refractivity contribution < 1.29 is 13.2 Å². The van der Waals surface area contributed by atoms with Crippen molar-refractivity contribution in [2.24, 2.45) is 0 Å². The summed E-state index contributed by atoms with van der Waals surface area (Å²) in [4.78, 5) is 8.12. The van der Waals surface area contributed by atoms with Crippen LogP contribution in [0, 0.1) is 24.4 Å². The van der Waals surface area contributed by atoms with E-state index in [1.165, 1.54) is 12.3 Å². The smallest absolute Gasteiger partial charge is 0.223 e. The molecule has 0 aliphatic carbocycles. The molecule has 0 fully saturated rings. The molecule has 100 valence electrons. The number of hydrogen-bond donors (Lipinski definition) is 1. The first-order valence-corrected chi connectivity index (χ1v) is 5.76. The Morgan fingerprint density at radius 3 is 2.58 bits per heavy atom. The molecule has 1 heterocycles. The summed E-state index contributed by atoms with van der Waals surface area (Å²) in [6, 6.07) is 2.04. The first-order valence-electron chi connectivity index (χ1n) is 5.76. The second-order valence-corrected chi connectivity index (χ2v) is 3.98. The Kier molecular flexibility index (Phi) is 3.69. The van der Waals surface area contributed by atoms with Crippen LogP contribution in [0.5, 0.6) is 0 Å². The first-order chi connectivity index (χ1) is 9.04. The lowest BCUT2D eigenvalue weighted by molar-refractivity contribution is 0.448. The Labute approximate surface area is 108 Å². The van der Waals surface area contributed by atoms with Gasteiger partial charge in [0.15, 0.2) is 17.5 Å². The van der Waals surface area contributed by atoms with Crippen molar-refractivity contribution in [1.29, 1.82) is 0 Å². The third-order valence-corrected chi connectivity index (χ3v) is 2.60. The van der Waals surface area contributed by atoms with Crippen molar-refractivity contribution in [2.75, 3.05) is 11.9 Å². The van der Waals surface area contributed by atoms with Gasteiger partial charge in [-0.2, -0.15) is 0 Å². The van der Waals surface area contributed by atoms with Crippen LogP contribution in [-0.4, -0.2) is 16.5 Å². The Bertz CT molecular complexity index is 614. The van der Waals surface area contributed by atoms with Crippen molar-refractivity contribution in [1.82, 2.24) is 9.97 Å². The van der Waals surface area contributed by atoms with E-state index in [0.717, 1.165) is 6.07 Å². The molecule has 19 heavy (non-hydrogen) atoms. The number of hydrogen-bond acceptors (Lipinski definition) is 3. The lowest BCUT2D eigenvalue weighted by Gasteiger charge is -2.09. The molecule has 0 aliphatic heterocycles. The number of benzene rings is 1. The Morgan fingerprint density at radius 1 is 1.16 bits per heavy atom. The van der Waals surface area contributed by atoms with Crippen LogP contribution >= 0.6 is 0 Å². The van der Waals surface area contributed by atoms with E-state index in [1.54, 1.807) is 6.92 Å². The molecule has 1 aromatic carbocycles. The third kappa shape index (κ3) is 2.52. The van der Waals surface area contributed by atoms with Crippen LogP contribution in [0.1, 0.15) is 12.5 Å². The highest BCUT2D eigenvalue weighted by Gasteiger charge is 2.17. The summed E-state index contributed by atoms with van der Waals surface area (Å²) in [7, 11) is 0. The van der Waals surface area contributed by atoms with Crippen LogP contribution in [0.25, 0.3) is 11.3 Å². The molecule has 0 bridgehead atoms. The molecule has 0 atom stereocenters. The zero-order valence-electron chi connectivity index (χ0n) is 10.5. The maximum atomic E-state index is 13.7. The van der Waals surface area contributed by atoms with E-state index < -0.39 is 17.5 Å². The fraction of sp³-hybridized carbons (Fsp3) is 0.231. The molecular weight excluding hydrogens is 255 g/mol. The van der Waals surface area contributed by atoms with Crippen LogP contribution in [-0.2, 0) is 0 Å². The summed E-state index contributed by atoms with van der Waals surface area (Å²) in [5.74, 6) is -3.66.